The smallest absolute Gasteiger partial charge is 0.255 e. The van der Waals surface area contributed by atoms with Gasteiger partial charge in [-0.05, 0) is 0 Å². The molecule has 1 amide bonds. The maximum absolute atomic E-state index is 11.8. The molecular weight excluding hydrogens is 310 g/mol. The van der Waals surface area contributed by atoms with E-state index in [0.29, 0.717) is 17.2 Å². The van der Waals surface area contributed by atoms with Gasteiger partial charge in [0.05, 0.1) is 29.7 Å². The van der Waals surface area contributed by atoms with Gasteiger partial charge in [-0.25, -0.2) is 14.6 Å². The second-order valence-electron chi connectivity index (χ2n) is 4.80. The van der Waals surface area contributed by atoms with Gasteiger partial charge >= 0.3 is 0 Å². The van der Waals surface area contributed by atoms with Crippen LogP contribution < -0.4 is 10.6 Å². The first-order chi connectivity index (χ1) is 11.7. The highest BCUT2D eigenvalue weighted by Crippen LogP contribution is 2.15. The van der Waals surface area contributed by atoms with Crippen LogP contribution in [0.3, 0.4) is 0 Å². The van der Waals surface area contributed by atoms with Gasteiger partial charge in [-0.15, -0.1) is 0 Å². The van der Waals surface area contributed by atoms with Crippen molar-refractivity contribution in [3.63, 3.8) is 0 Å². The van der Waals surface area contributed by atoms with E-state index >= 15 is 0 Å². The van der Waals surface area contributed by atoms with Crippen molar-refractivity contribution in [1.82, 2.24) is 34.8 Å². The predicted molar refractivity (Wildman–Crippen MR) is 83.6 cm³/mol. The van der Waals surface area contributed by atoms with Crippen molar-refractivity contribution in [2.24, 2.45) is 7.05 Å². The lowest BCUT2D eigenvalue weighted by molar-refractivity contribution is 0.0958. The Kier molecular flexibility index (Phi) is 4.15. The molecule has 0 radical (unpaired) electrons. The lowest BCUT2D eigenvalue weighted by Gasteiger charge is -2.04. The first-order valence-corrected chi connectivity index (χ1v) is 6.93. The summed E-state index contributed by atoms with van der Waals surface area (Å²) in [6, 6.07) is 3.54. The molecule has 0 saturated heterocycles. The molecule has 0 aliphatic carbocycles. The normalized spacial score (nSPS) is 10.2. The molecule has 24 heavy (non-hydrogen) atoms. The fourth-order valence-electron chi connectivity index (χ4n) is 1.96. The third-order valence-corrected chi connectivity index (χ3v) is 3.04. The monoisotopic (exact) mass is 323 g/mol. The minimum atomic E-state index is -0.370. The minimum Gasteiger partial charge on any atom is -0.339 e. The maximum atomic E-state index is 11.8. The fraction of sp³-hybridized carbons (Fsp3) is 0.143. The molecule has 3 aromatic rings. The molecule has 2 N–H and O–H groups in total. The van der Waals surface area contributed by atoms with Crippen molar-refractivity contribution in [2.75, 3.05) is 11.9 Å². The van der Waals surface area contributed by atoms with Gasteiger partial charge in [0.1, 0.15) is 18.7 Å². The molecule has 0 saturated carbocycles. The number of anilines is 2. The van der Waals surface area contributed by atoms with Crippen molar-refractivity contribution >= 4 is 17.4 Å². The SMILES string of the molecule is Cn1cc(Nc2cc(-n3cc(C(=O)NCC#N)cn3)ncn2)cn1. The maximum Gasteiger partial charge on any atom is 0.255 e. The largest absolute Gasteiger partial charge is 0.339 e. The van der Waals surface area contributed by atoms with Crippen LogP contribution in [0, 0.1) is 11.3 Å². The van der Waals surface area contributed by atoms with Crippen LogP contribution in [-0.2, 0) is 7.05 Å². The molecular formula is C14H13N9O. The van der Waals surface area contributed by atoms with Crippen LogP contribution in [0.5, 0.6) is 0 Å². The summed E-state index contributed by atoms with van der Waals surface area (Å²) in [7, 11) is 1.82. The number of rotatable bonds is 5. The predicted octanol–water partition coefficient (Wildman–Crippen LogP) is 0.393. The molecule has 3 heterocycles. The van der Waals surface area contributed by atoms with Crippen LogP contribution in [0.1, 0.15) is 10.4 Å². The summed E-state index contributed by atoms with van der Waals surface area (Å²) in [5.41, 5.74) is 1.13. The van der Waals surface area contributed by atoms with E-state index in [4.69, 9.17) is 5.26 Å². The van der Waals surface area contributed by atoms with Crippen molar-refractivity contribution in [3.05, 3.63) is 42.7 Å². The highest BCUT2D eigenvalue weighted by Gasteiger charge is 2.10. The molecule has 0 atom stereocenters. The number of carbonyl (C=O) groups excluding carboxylic acids is 1. The first kappa shape index (κ1) is 15.2. The molecule has 10 heteroatoms. The Morgan fingerprint density at radius 1 is 1.29 bits per heavy atom. The number of amides is 1. The van der Waals surface area contributed by atoms with Crippen LogP contribution in [-0.4, -0.2) is 42.0 Å². The summed E-state index contributed by atoms with van der Waals surface area (Å²) >= 11 is 0. The Bertz CT molecular complexity index is 905. The Hall–Kier alpha value is -3.74. The van der Waals surface area contributed by atoms with Gasteiger partial charge in [-0.2, -0.15) is 15.5 Å². The lowest BCUT2D eigenvalue weighted by Crippen LogP contribution is -2.22. The zero-order valence-corrected chi connectivity index (χ0v) is 12.7. The number of nitriles is 1. The standard InChI is InChI=1S/C14H13N9O/c1-22-8-11(6-19-22)21-12-4-13(18-9-17-12)23-7-10(5-20-23)14(24)16-3-2-15/h4-9H,3H2,1H3,(H,16,24)(H,17,18,21). The number of hydrogen-bond acceptors (Lipinski definition) is 7. The van der Waals surface area contributed by atoms with Crippen molar-refractivity contribution in [2.45, 2.75) is 0 Å². The third kappa shape index (κ3) is 3.36. The second kappa shape index (κ2) is 6.57. The van der Waals surface area contributed by atoms with E-state index in [2.05, 4.69) is 30.8 Å². The number of hydrogen-bond donors (Lipinski definition) is 2. The molecule has 0 aliphatic heterocycles. The van der Waals surface area contributed by atoms with Crippen molar-refractivity contribution in [1.29, 1.82) is 5.26 Å². The Balaban J connectivity index is 1.78. The summed E-state index contributed by atoms with van der Waals surface area (Å²) in [5, 5.41) is 22.2. The van der Waals surface area contributed by atoms with E-state index in [1.807, 2.05) is 19.3 Å². The average Bonchev–Trinajstić information content (AvgIpc) is 3.22. The first-order valence-electron chi connectivity index (χ1n) is 6.93. The molecule has 0 unspecified atom stereocenters. The summed E-state index contributed by atoms with van der Waals surface area (Å²) < 4.78 is 3.13. The Morgan fingerprint density at radius 3 is 2.92 bits per heavy atom. The molecule has 0 spiro atoms. The number of nitrogens with one attached hydrogen (secondary N) is 2. The molecule has 3 rings (SSSR count). The highest BCUT2D eigenvalue weighted by atomic mass is 16.1. The Labute approximate surface area is 136 Å². The molecule has 0 aromatic carbocycles. The molecule has 10 nitrogen and oxygen atoms in total. The summed E-state index contributed by atoms with van der Waals surface area (Å²) in [5.74, 6) is 0.695. The average molecular weight is 323 g/mol. The lowest BCUT2D eigenvalue weighted by atomic mass is 10.3. The second-order valence-corrected chi connectivity index (χ2v) is 4.80. The van der Waals surface area contributed by atoms with Crippen molar-refractivity contribution in [3.8, 4) is 11.9 Å². The highest BCUT2D eigenvalue weighted by molar-refractivity contribution is 5.93. The molecule has 3 aromatic heterocycles. The van der Waals surface area contributed by atoms with Crippen LogP contribution in [0.15, 0.2) is 37.2 Å². The topological polar surface area (TPSA) is 126 Å². The number of aromatic nitrogens is 6. The Morgan fingerprint density at radius 2 is 2.17 bits per heavy atom. The van der Waals surface area contributed by atoms with Gasteiger partial charge in [0, 0.05) is 25.5 Å². The van der Waals surface area contributed by atoms with E-state index < -0.39 is 0 Å². The molecule has 0 aliphatic rings. The van der Waals surface area contributed by atoms with E-state index in [9.17, 15) is 4.79 Å². The van der Waals surface area contributed by atoms with Gasteiger partial charge in [0.2, 0.25) is 0 Å². The van der Waals surface area contributed by atoms with Gasteiger partial charge in [0.25, 0.3) is 5.91 Å². The number of aryl methyl sites for hydroxylation is 1. The van der Waals surface area contributed by atoms with Crippen molar-refractivity contribution < 1.29 is 4.79 Å². The van der Waals surface area contributed by atoms with E-state index in [-0.39, 0.29) is 12.5 Å². The quantitative estimate of drug-likeness (QED) is 0.650. The van der Waals surface area contributed by atoms with E-state index in [0.717, 1.165) is 5.69 Å². The minimum absolute atomic E-state index is 0.0588. The van der Waals surface area contributed by atoms with E-state index in [1.165, 1.54) is 23.4 Å². The molecule has 120 valence electrons. The summed E-state index contributed by atoms with van der Waals surface area (Å²) in [6.07, 6.45) is 7.82. The number of carbonyl (C=O) groups is 1. The van der Waals surface area contributed by atoms with Crippen LogP contribution >= 0.6 is 0 Å². The van der Waals surface area contributed by atoms with Crippen LogP contribution in [0.4, 0.5) is 11.5 Å². The molecule has 0 bridgehead atoms. The van der Waals surface area contributed by atoms with Crippen LogP contribution in [0.2, 0.25) is 0 Å². The molecule has 0 fully saturated rings. The van der Waals surface area contributed by atoms with Gasteiger partial charge < -0.3 is 10.6 Å². The zero-order chi connectivity index (χ0) is 16.9. The van der Waals surface area contributed by atoms with E-state index in [1.54, 1.807) is 16.9 Å². The zero-order valence-electron chi connectivity index (χ0n) is 12.7. The van der Waals surface area contributed by atoms with Gasteiger partial charge in [-0.3, -0.25) is 9.48 Å². The van der Waals surface area contributed by atoms with Gasteiger partial charge in [-0.1, -0.05) is 0 Å². The number of nitrogens with zero attached hydrogens (tertiary/aromatic N) is 7. The summed E-state index contributed by atoms with van der Waals surface area (Å²) in [6.45, 7) is -0.0588. The third-order valence-electron chi connectivity index (χ3n) is 3.04. The van der Waals surface area contributed by atoms with Crippen LogP contribution in [0.25, 0.3) is 5.82 Å². The summed E-state index contributed by atoms with van der Waals surface area (Å²) in [4.78, 5) is 20.1. The fourth-order valence-corrected chi connectivity index (χ4v) is 1.96. The van der Waals surface area contributed by atoms with Gasteiger partial charge in [0.15, 0.2) is 5.82 Å².